The van der Waals surface area contributed by atoms with Crippen LogP contribution in [0.2, 0.25) is 0 Å². The zero-order chi connectivity index (χ0) is 13.0. The van der Waals surface area contributed by atoms with Crippen LogP contribution in [-0.2, 0) is 16.6 Å². The average Bonchev–Trinajstić information content (AvgIpc) is 2.39. The Hall–Kier alpha value is -1.75. The van der Waals surface area contributed by atoms with Gasteiger partial charge in [-0.15, -0.1) is 0 Å². The summed E-state index contributed by atoms with van der Waals surface area (Å²) < 4.78 is 30.2. The van der Waals surface area contributed by atoms with E-state index in [1.165, 1.54) is 19.2 Å². The Morgan fingerprint density at radius 1 is 1.33 bits per heavy atom. The third-order valence-corrected chi connectivity index (χ3v) is 3.74. The van der Waals surface area contributed by atoms with Gasteiger partial charge in [-0.2, -0.15) is 0 Å². The summed E-state index contributed by atoms with van der Waals surface area (Å²) in [7, 11) is 0.194. The van der Waals surface area contributed by atoms with Crippen molar-refractivity contribution in [1.82, 2.24) is 4.98 Å². The van der Waals surface area contributed by atoms with Crippen LogP contribution in [0.4, 0.5) is 4.39 Å². The summed E-state index contributed by atoms with van der Waals surface area (Å²) in [5.41, 5.74) is 0.739. The maximum absolute atomic E-state index is 13.0. The minimum atomic E-state index is -1.32. The van der Waals surface area contributed by atoms with Crippen LogP contribution >= 0.6 is 0 Å². The van der Waals surface area contributed by atoms with Crippen LogP contribution < -0.4 is 4.74 Å². The van der Waals surface area contributed by atoms with Crippen molar-refractivity contribution in [3.8, 4) is 5.88 Å². The predicted molar refractivity (Wildman–Crippen MR) is 67.3 cm³/mol. The third kappa shape index (κ3) is 2.92. The van der Waals surface area contributed by atoms with Gasteiger partial charge >= 0.3 is 0 Å². The van der Waals surface area contributed by atoms with E-state index in [4.69, 9.17) is 4.74 Å². The van der Waals surface area contributed by atoms with Crippen molar-refractivity contribution in [2.24, 2.45) is 0 Å². The maximum atomic E-state index is 13.0. The SMILES string of the molecule is COc1ncccc1CS(=O)c1cccc(F)c1. The normalized spacial score (nSPS) is 12.1. The second kappa shape index (κ2) is 5.73. The number of halogens is 1. The minimum Gasteiger partial charge on any atom is -0.481 e. The molecule has 3 nitrogen and oxygen atoms in total. The Kier molecular flexibility index (Phi) is 4.04. The highest BCUT2D eigenvalue weighted by atomic mass is 32.2. The molecule has 1 aromatic carbocycles. The number of aromatic nitrogens is 1. The van der Waals surface area contributed by atoms with E-state index in [1.807, 2.05) is 0 Å². The van der Waals surface area contributed by atoms with Crippen molar-refractivity contribution in [2.45, 2.75) is 10.6 Å². The highest BCUT2D eigenvalue weighted by Crippen LogP contribution is 2.19. The summed E-state index contributed by atoms with van der Waals surface area (Å²) >= 11 is 0. The Labute approximate surface area is 107 Å². The van der Waals surface area contributed by atoms with Gasteiger partial charge in [-0.3, -0.25) is 4.21 Å². The highest BCUT2D eigenvalue weighted by Gasteiger charge is 2.10. The van der Waals surface area contributed by atoms with E-state index in [-0.39, 0.29) is 11.6 Å². The molecule has 0 amide bonds. The predicted octanol–water partition coefficient (Wildman–Crippen LogP) is 2.54. The van der Waals surface area contributed by atoms with Crippen molar-refractivity contribution in [1.29, 1.82) is 0 Å². The first-order valence-corrected chi connectivity index (χ1v) is 6.64. The molecule has 0 saturated heterocycles. The smallest absolute Gasteiger partial charge is 0.217 e. The van der Waals surface area contributed by atoms with Gasteiger partial charge in [0.15, 0.2) is 0 Å². The highest BCUT2D eigenvalue weighted by molar-refractivity contribution is 7.84. The fourth-order valence-corrected chi connectivity index (χ4v) is 2.69. The Morgan fingerprint density at radius 3 is 2.89 bits per heavy atom. The van der Waals surface area contributed by atoms with Gasteiger partial charge in [0, 0.05) is 16.7 Å². The molecule has 5 heteroatoms. The fourth-order valence-electron chi connectivity index (χ4n) is 1.55. The number of ether oxygens (including phenoxy) is 1. The Balaban J connectivity index is 2.21. The van der Waals surface area contributed by atoms with Gasteiger partial charge in [0.05, 0.1) is 23.7 Å². The number of methoxy groups -OCH3 is 1. The monoisotopic (exact) mass is 265 g/mol. The van der Waals surface area contributed by atoms with E-state index in [2.05, 4.69) is 4.98 Å². The van der Waals surface area contributed by atoms with Crippen molar-refractivity contribution >= 4 is 10.8 Å². The summed E-state index contributed by atoms with van der Waals surface area (Å²) in [6.07, 6.45) is 1.60. The van der Waals surface area contributed by atoms with Gasteiger partial charge in [0.2, 0.25) is 5.88 Å². The molecule has 94 valence electrons. The van der Waals surface area contributed by atoms with Crippen LogP contribution in [-0.4, -0.2) is 16.3 Å². The molecule has 0 N–H and O–H groups in total. The standard InChI is InChI=1S/C13H12FNO2S/c1-17-13-10(4-3-7-15-13)9-18(16)12-6-2-5-11(14)8-12/h2-8H,9H2,1H3. The molecule has 1 heterocycles. The molecular formula is C13H12FNO2S. The summed E-state index contributed by atoms with van der Waals surface area (Å²) in [4.78, 5) is 4.49. The quantitative estimate of drug-likeness (QED) is 0.852. The molecule has 2 aromatic rings. The lowest BCUT2D eigenvalue weighted by Gasteiger charge is -2.06. The number of hydrogen-bond donors (Lipinski definition) is 0. The van der Waals surface area contributed by atoms with E-state index in [0.717, 1.165) is 5.56 Å². The van der Waals surface area contributed by atoms with Gasteiger partial charge in [-0.1, -0.05) is 12.1 Å². The molecular weight excluding hydrogens is 253 g/mol. The van der Waals surface area contributed by atoms with E-state index in [0.29, 0.717) is 10.8 Å². The number of pyridine rings is 1. The third-order valence-electron chi connectivity index (χ3n) is 2.39. The molecule has 0 aliphatic rings. The van der Waals surface area contributed by atoms with Gasteiger partial charge in [0.25, 0.3) is 0 Å². The molecule has 0 bridgehead atoms. The molecule has 0 fully saturated rings. The molecule has 1 atom stereocenters. The molecule has 0 radical (unpaired) electrons. The van der Waals surface area contributed by atoms with E-state index in [1.54, 1.807) is 30.5 Å². The average molecular weight is 265 g/mol. The van der Waals surface area contributed by atoms with Crippen LogP contribution in [0.5, 0.6) is 5.88 Å². The molecule has 0 aliphatic carbocycles. The van der Waals surface area contributed by atoms with Crippen LogP contribution in [0.25, 0.3) is 0 Å². The van der Waals surface area contributed by atoms with E-state index >= 15 is 0 Å². The van der Waals surface area contributed by atoms with Crippen molar-refractivity contribution in [3.63, 3.8) is 0 Å². The lowest BCUT2D eigenvalue weighted by molar-refractivity contribution is 0.394. The molecule has 0 aliphatic heterocycles. The van der Waals surface area contributed by atoms with E-state index < -0.39 is 10.8 Å². The van der Waals surface area contributed by atoms with Crippen LogP contribution in [0, 0.1) is 5.82 Å². The second-order valence-electron chi connectivity index (χ2n) is 3.62. The first-order chi connectivity index (χ1) is 8.70. The number of nitrogens with zero attached hydrogens (tertiary/aromatic N) is 1. The van der Waals surface area contributed by atoms with Crippen molar-refractivity contribution in [2.75, 3.05) is 7.11 Å². The second-order valence-corrected chi connectivity index (χ2v) is 5.07. The summed E-state index contributed by atoms with van der Waals surface area (Å²) in [6, 6.07) is 9.33. The Bertz CT molecular complexity index is 574. The lowest BCUT2D eigenvalue weighted by atomic mass is 10.3. The van der Waals surface area contributed by atoms with Gasteiger partial charge in [-0.05, 0) is 24.3 Å². The molecule has 18 heavy (non-hydrogen) atoms. The van der Waals surface area contributed by atoms with Crippen molar-refractivity contribution < 1.29 is 13.3 Å². The number of hydrogen-bond acceptors (Lipinski definition) is 3. The molecule has 1 unspecified atom stereocenters. The van der Waals surface area contributed by atoms with Crippen molar-refractivity contribution in [3.05, 3.63) is 54.0 Å². The summed E-state index contributed by atoms with van der Waals surface area (Å²) in [6.45, 7) is 0. The largest absolute Gasteiger partial charge is 0.481 e. The first-order valence-electron chi connectivity index (χ1n) is 5.32. The first kappa shape index (κ1) is 12.7. The zero-order valence-corrected chi connectivity index (χ0v) is 10.6. The van der Waals surface area contributed by atoms with Gasteiger partial charge < -0.3 is 4.74 Å². The molecule has 2 rings (SSSR count). The van der Waals surface area contributed by atoms with E-state index in [9.17, 15) is 8.60 Å². The Morgan fingerprint density at radius 2 is 2.17 bits per heavy atom. The molecule has 0 saturated carbocycles. The molecule has 0 spiro atoms. The number of rotatable bonds is 4. The van der Waals surface area contributed by atoms with Gasteiger partial charge in [0.1, 0.15) is 5.82 Å². The van der Waals surface area contributed by atoms with Crippen LogP contribution in [0.1, 0.15) is 5.56 Å². The topological polar surface area (TPSA) is 39.2 Å². The van der Waals surface area contributed by atoms with Crippen LogP contribution in [0.3, 0.4) is 0 Å². The summed E-state index contributed by atoms with van der Waals surface area (Å²) in [5, 5.41) is 0. The summed E-state index contributed by atoms with van der Waals surface area (Å²) in [5.74, 6) is 0.307. The maximum Gasteiger partial charge on any atom is 0.217 e. The molecule has 1 aromatic heterocycles. The fraction of sp³-hybridized carbons (Fsp3) is 0.154. The number of benzene rings is 1. The zero-order valence-electron chi connectivity index (χ0n) is 9.80. The minimum absolute atomic E-state index is 0.250. The van der Waals surface area contributed by atoms with Crippen LogP contribution in [0.15, 0.2) is 47.5 Å². The lowest BCUT2D eigenvalue weighted by Crippen LogP contribution is -2.00. The van der Waals surface area contributed by atoms with Gasteiger partial charge in [-0.25, -0.2) is 9.37 Å².